The summed E-state index contributed by atoms with van der Waals surface area (Å²) in [5.74, 6) is 0.632. The predicted molar refractivity (Wildman–Crippen MR) is 90.2 cm³/mol. The fraction of sp³-hybridized carbons (Fsp3) is 0.444. The molecule has 1 aromatic carbocycles. The minimum atomic E-state index is 0.131. The first-order valence-corrected chi connectivity index (χ1v) is 8.01. The average molecular weight is 297 g/mol. The van der Waals surface area contributed by atoms with Crippen LogP contribution in [0.3, 0.4) is 0 Å². The van der Waals surface area contributed by atoms with E-state index < -0.39 is 0 Å². The standard InChI is InChI=1S/C18H23N3O/c1-13-16(5-2-6-17(13)19)14-7-10-21(11-8-14)18(22)15-4-3-9-20-12-15/h2,4-6,12,14H,3,7-11,19H2,1H3. The van der Waals surface area contributed by atoms with Crippen molar-refractivity contribution in [1.29, 1.82) is 0 Å². The lowest BCUT2D eigenvalue weighted by atomic mass is 9.86. The molecule has 0 bridgehead atoms. The second kappa shape index (κ2) is 6.34. The molecular formula is C18H23N3O. The molecule has 1 amide bonds. The number of carbonyl (C=O) groups is 1. The van der Waals surface area contributed by atoms with Gasteiger partial charge in [-0.2, -0.15) is 0 Å². The molecule has 0 aliphatic carbocycles. The summed E-state index contributed by atoms with van der Waals surface area (Å²) < 4.78 is 0. The summed E-state index contributed by atoms with van der Waals surface area (Å²) in [6.45, 7) is 4.50. The summed E-state index contributed by atoms with van der Waals surface area (Å²) in [5, 5.41) is 0. The zero-order chi connectivity index (χ0) is 15.5. The lowest BCUT2D eigenvalue weighted by molar-refractivity contribution is -0.127. The van der Waals surface area contributed by atoms with Crippen molar-refractivity contribution in [3.8, 4) is 0 Å². The third kappa shape index (κ3) is 2.91. The molecule has 2 aliphatic rings. The molecule has 0 radical (unpaired) electrons. The number of aliphatic imine (C=N–C) groups is 1. The molecule has 22 heavy (non-hydrogen) atoms. The van der Waals surface area contributed by atoms with Crippen molar-refractivity contribution < 1.29 is 4.79 Å². The van der Waals surface area contributed by atoms with Crippen LogP contribution in [0.1, 0.15) is 36.3 Å². The number of likely N-dealkylation sites (tertiary alicyclic amines) is 1. The average Bonchev–Trinajstić information content (AvgIpc) is 2.58. The molecule has 4 heteroatoms. The number of nitrogens with two attached hydrogens (primary N) is 1. The first-order chi connectivity index (χ1) is 10.7. The summed E-state index contributed by atoms with van der Waals surface area (Å²) in [6, 6.07) is 6.15. The number of carbonyl (C=O) groups excluding carboxylic acids is 1. The smallest absolute Gasteiger partial charge is 0.255 e. The fourth-order valence-corrected chi connectivity index (χ4v) is 3.34. The van der Waals surface area contributed by atoms with Gasteiger partial charge in [0.25, 0.3) is 5.91 Å². The van der Waals surface area contributed by atoms with E-state index in [2.05, 4.69) is 18.0 Å². The Hall–Kier alpha value is -2.10. The number of benzene rings is 1. The molecule has 0 atom stereocenters. The van der Waals surface area contributed by atoms with Gasteiger partial charge in [0, 0.05) is 31.5 Å². The third-order valence-corrected chi connectivity index (χ3v) is 4.74. The lowest BCUT2D eigenvalue weighted by Crippen LogP contribution is -2.39. The van der Waals surface area contributed by atoms with E-state index >= 15 is 0 Å². The Morgan fingerprint density at radius 1 is 1.32 bits per heavy atom. The number of amides is 1. The monoisotopic (exact) mass is 297 g/mol. The Labute approximate surface area is 131 Å². The molecule has 4 nitrogen and oxygen atoms in total. The first kappa shape index (κ1) is 14.8. The van der Waals surface area contributed by atoms with Crippen LogP contribution in [0.15, 0.2) is 34.8 Å². The lowest BCUT2D eigenvalue weighted by Gasteiger charge is -2.33. The van der Waals surface area contributed by atoms with Crippen LogP contribution in [0.5, 0.6) is 0 Å². The number of hydrogen-bond donors (Lipinski definition) is 1. The number of nitrogen functional groups attached to an aromatic ring is 1. The fourth-order valence-electron chi connectivity index (χ4n) is 3.34. The Balaban J connectivity index is 1.65. The number of hydrogen-bond acceptors (Lipinski definition) is 3. The SMILES string of the molecule is Cc1c(N)cccc1C1CCN(C(=O)C2=CCCN=C2)CC1. The summed E-state index contributed by atoms with van der Waals surface area (Å²) in [7, 11) is 0. The van der Waals surface area contributed by atoms with E-state index in [9.17, 15) is 4.79 Å². The third-order valence-electron chi connectivity index (χ3n) is 4.74. The summed E-state index contributed by atoms with van der Waals surface area (Å²) in [6.07, 6.45) is 6.60. The molecular weight excluding hydrogens is 274 g/mol. The van der Waals surface area contributed by atoms with Crippen molar-refractivity contribution in [3.63, 3.8) is 0 Å². The van der Waals surface area contributed by atoms with E-state index in [1.165, 1.54) is 11.1 Å². The van der Waals surface area contributed by atoms with Gasteiger partial charge in [0.1, 0.15) is 0 Å². The van der Waals surface area contributed by atoms with Gasteiger partial charge in [0.15, 0.2) is 0 Å². The number of rotatable bonds is 2. The number of dihydropyridines is 1. The van der Waals surface area contributed by atoms with Crippen molar-refractivity contribution in [2.75, 3.05) is 25.4 Å². The van der Waals surface area contributed by atoms with Crippen LogP contribution in [0, 0.1) is 6.92 Å². The Bertz CT molecular complexity index is 625. The van der Waals surface area contributed by atoms with E-state index in [1.54, 1.807) is 6.21 Å². The molecule has 116 valence electrons. The minimum Gasteiger partial charge on any atom is -0.399 e. The number of anilines is 1. The van der Waals surface area contributed by atoms with E-state index in [-0.39, 0.29) is 5.91 Å². The van der Waals surface area contributed by atoms with E-state index in [0.717, 1.165) is 50.2 Å². The quantitative estimate of drug-likeness (QED) is 0.853. The molecule has 0 saturated carbocycles. The maximum atomic E-state index is 12.5. The van der Waals surface area contributed by atoms with Crippen LogP contribution in [0.4, 0.5) is 5.69 Å². The molecule has 2 N–H and O–H groups in total. The van der Waals surface area contributed by atoms with Crippen molar-refractivity contribution in [2.45, 2.75) is 32.1 Å². The van der Waals surface area contributed by atoms with Gasteiger partial charge in [0.2, 0.25) is 0 Å². The van der Waals surface area contributed by atoms with Crippen LogP contribution < -0.4 is 5.73 Å². The second-order valence-corrected chi connectivity index (χ2v) is 6.11. The van der Waals surface area contributed by atoms with Crippen LogP contribution in [-0.2, 0) is 4.79 Å². The predicted octanol–water partition coefficient (Wildman–Crippen LogP) is 2.68. The molecule has 1 saturated heterocycles. The van der Waals surface area contributed by atoms with E-state index in [1.807, 2.05) is 23.1 Å². The van der Waals surface area contributed by atoms with Gasteiger partial charge >= 0.3 is 0 Å². The Morgan fingerprint density at radius 2 is 2.09 bits per heavy atom. The maximum Gasteiger partial charge on any atom is 0.255 e. The van der Waals surface area contributed by atoms with Gasteiger partial charge in [-0.3, -0.25) is 9.79 Å². The molecule has 2 aliphatic heterocycles. The van der Waals surface area contributed by atoms with Gasteiger partial charge in [-0.05, 0) is 49.3 Å². The summed E-state index contributed by atoms with van der Waals surface area (Å²) >= 11 is 0. The van der Waals surface area contributed by atoms with Crippen LogP contribution in [-0.4, -0.2) is 36.7 Å². The highest BCUT2D eigenvalue weighted by atomic mass is 16.2. The van der Waals surface area contributed by atoms with E-state index in [0.29, 0.717) is 5.92 Å². The zero-order valence-corrected chi connectivity index (χ0v) is 13.1. The topological polar surface area (TPSA) is 58.7 Å². The van der Waals surface area contributed by atoms with Gasteiger partial charge < -0.3 is 10.6 Å². The zero-order valence-electron chi connectivity index (χ0n) is 13.1. The minimum absolute atomic E-state index is 0.131. The highest BCUT2D eigenvalue weighted by Gasteiger charge is 2.26. The first-order valence-electron chi connectivity index (χ1n) is 8.01. The van der Waals surface area contributed by atoms with Crippen LogP contribution in [0.25, 0.3) is 0 Å². The van der Waals surface area contributed by atoms with Crippen molar-refractivity contribution in [3.05, 3.63) is 41.0 Å². The number of piperidine rings is 1. The molecule has 0 unspecified atom stereocenters. The molecule has 1 aromatic rings. The van der Waals surface area contributed by atoms with Gasteiger partial charge in [-0.15, -0.1) is 0 Å². The Kier molecular flexibility index (Phi) is 4.27. The largest absolute Gasteiger partial charge is 0.399 e. The van der Waals surface area contributed by atoms with Gasteiger partial charge in [0.05, 0.1) is 5.57 Å². The van der Waals surface area contributed by atoms with Crippen molar-refractivity contribution in [2.24, 2.45) is 4.99 Å². The summed E-state index contributed by atoms with van der Waals surface area (Å²) in [5.41, 5.74) is 10.2. The molecule has 0 aromatic heterocycles. The van der Waals surface area contributed by atoms with Gasteiger partial charge in [-0.25, -0.2) is 0 Å². The molecule has 1 fully saturated rings. The highest BCUT2D eigenvalue weighted by Crippen LogP contribution is 2.32. The maximum absolute atomic E-state index is 12.5. The highest BCUT2D eigenvalue weighted by molar-refractivity contribution is 6.12. The van der Waals surface area contributed by atoms with Crippen molar-refractivity contribution >= 4 is 17.8 Å². The Morgan fingerprint density at radius 3 is 2.77 bits per heavy atom. The molecule has 2 heterocycles. The number of nitrogens with zero attached hydrogens (tertiary/aromatic N) is 2. The van der Waals surface area contributed by atoms with Crippen LogP contribution >= 0.6 is 0 Å². The summed E-state index contributed by atoms with van der Waals surface area (Å²) in [4.78, 5) is 18.6. The van der Waals surface area contributed by atoms with Gasteiger partial charge in [-0.1, -0.05) is 18.2 Å². The molecule has 0 spiro atoms. The molecule has 3 rings (SSSR count). The van der Waals surface area contributed by atoms with Crippen LogP contribution in [0.2, 0.25) is 0 Å². The normalized spacial score (nSPS) is 19.1. The van der Waals surface area contributed by atoms with Crippen molar-refractivity contribution in [1.82, 2.24) is 4.90 Å². The van der Waals surface area contributed by atoms with E-state index in [4.69, 9.17) is 5.73 Å². The second-order valence-electron chi connectivity index (χ2n) is 6.11.